The molecule has 0 aliphatic rings. The molecule has 0 aliphatic heterocycles. The molecule has 3 nitrogen and oxygen atoms in total. The lowest BCUT2D eigenvalue weighted by Gasteiger charge is -2.15. The van der Waals surface area contributed by atoms with Crippen LogP contribution in [0.2, 0.25) is 0 Å². The van der Waals surface area contributed by atoms with Crippen molar-refractivity contribution < 1.29 is 15.3 Å². The van der Waals surface area contributed by atoms with E-state index in [9.17, 15) is 4.79 Å². The zero-order valence-corrected chi connectivity index (χ0v) is 11.0. The maximum atomic E-state index is 11.4. The molecule has 1 aromatic rings. The molecule has 1 rings (SSSR count). The molecule has 3 N–H and O–H groups in total. The fourth-order valence-corrected chi connectivity index (χ4v) is 1.78. The predicted molar refractivity (Wildman–Crippen MR) is 67.5 cm³/mol. The molecule has 0 aromatic heterocycles. The first-order valence-electron chi connectivity index (χ1n) is 5.99. The van der Waals surface area contributed by atoms with E-state index in [0.29, 0.717) is 13.0 Å². The lowest BCUT2D eigenvalue weighted by Crippen LogP contribution is -2.70. The van der Waals surface area contributed by atoms with E-state index < -0.39 is 0 Å². The minimum Gasteiger partial charge on any atom is -0.466 e. The Labute approximate surface area is 103 Å². The number of ether oxygens (including phenoxy) is 1. The summed E-state index contributed by atoms with van der Waals surface area (Å²) in [6.45, 7) is 6.46. The van der Waals surface area contributed by atoms with Crippen LogP contribution in [0, 0.1) is 0 Å². The van der Waals surface area contributed by atoms with Crippen molar-refractivity contribution in [1.82, 2.24) is 0 Å². The minimum absolute atomic E-state index is 0.0164. The number of carbonyl (C=O) groups is 1. The van der Waals surface area contributed by atoms with Crippen LogP contribution in [0.3, 0.4) is 0 Å². The maximum Gasteiger partial charge on any atom is 0.310 e. The van der Waals surface area contributed by atoms with Crippen molar-refractivity contribution in [2.45, 2.75) is 39.2 Å². The number of esters is 1. The summed E-state index contributed by atoms with van der Waals surface area (Å²) in [7, 11) is 0. The van der Waals surface area contributed by atoms with Gasteiger partial charge in [0.1, 0.15) is 0 Å². The zero-order valence-electron chi connectivity index (χ0n) is 11.0. The van der Waals surface area contributed by atoms with E-state index in [4.69, 9.17) is 4.74 Å². The van der Waals surface area contributed by atoms with Gasteiger partial charge in [-0.2, -0.15) is 0 Å². The Kier molecular flexibility index (Phi) is 4.70. The van der Waals surface area contributed by atoms with Crippen LogP contribution in [-0.4, -0.2) is 18.1 Å². The molecule has 0 bridgehead atoms. The molecule has 0 saturated heterocycles. The van der Waals surface area contributed by atoms with Gasteiger partial charge in [0, 0.05) is 6.42 Å². The monoisotopic (exact) mass is 236 g/mol. The average Bonchev–Trinajstić information content (AvgIpc) is 2.15. The van der Waals surface area contributed by atoms with Crippen molar-refractivity contribution in [3.05, 3.63) is 35.4 Å². The highest BCUT2D eigenvalue weighted by molar-refractivity contribution is 5.72. The van der Waals surface area contributed by atoms with Crippen molar-refractivity contribution in [1.29, 1.82) is 0 Å². The normalized spacial score (nSPS) is 11.3. The summed E-state index contributed by atoms with van der Waals surface area (Å²) in [5, 5.41) is 0. The second-order valence-corrected chi connectivity index (χ2v) is 5.14. The van der Waals surface area contributed by atoms with E-state index in [1.165, 1.54) is 5.56 Å². The van der Waals surface area contributed by atoms with Crippen LogP contribution >= 0.6 is 0 Å². The number of quaternary nitrogens is 1. The molecule has 17 heavy (non-hydrogen) atoms. The van der Waals surface area contributed by atoms with Crippen molar-refractivity contribution in [3.8, 4) is 0 Å². The highest BCUT2D eigenvalue weighted by atomic mass is 16.5. The van der Waals surface area contributed by atoms with Gasteiger partial charge in [0.2, 0.25) is 0 Å². The van der Waals surface area contributed by atoms with Gasteiger partial charge in [-0.05, 0) is 31.9 Å². The van der Waals surface area contributed by atoms with Crippen LogP contribution in [0.5, 0.6) is 0 Å². The molecular weight excluding hydrogens is 214 g/mol. The van der Waals surface area contributed by atoms with Gasteiger partial charge < -0.3 is 10.5 Å². The van der Waals surface area contributed by atoms with Gasteiger partial charge in [0.25, 0.3) is 0 Å². The standard InChI is InChI=1S/C14H21NO2/c1-4-17-13(16)9-11-6-5-7-12(8-11)10-14(2,3)15/h5-8H,4,9-10,15H2,1-3H3/p+1. The molecule has 0 saturated carbocycles. The molecule has 94 valence electrons. The highest BCUT2D eigenvalue weighted by Crippen LogP contribution is 2.11. The Bertz CT molecular complexity index is 380. The summed E-state index contributed by atoms with van der Waals surface area (Å²) < 4.78 is 4.94. The van der Waals surface area contributed by atoms with E-state index in [0.717, 1.165) is 12.0 Å². The highest BCUT2D eigenvalue weighted by Gasteiger charge is 2.16. The number of hydrogen-bond acceptors (Lipinski definition) is 2. The van der Waals surface area contributed by atoms with E-state index in [1.54, 1.807) is 0 Å². The van der Waals surface area contributed by atoms with Gasteiger partial charge in [-0.15, -0.1) is 0 Å². The first kappa shape index (κ1) is 13.7. The molecule has 0 fully saturated rings. The van der Waals surface area contributed by atoms with Crippen LogP contribution in [0.4, 0.5) is 0 Å². The number of rotatable bonds is 5. The van der Waals surface area contributed by atoms with E-state index in [-0.39, 0.29) is 11.5 Å². The van der Waals surface area contributed by atoms with Crippen LogP contribution in [-0.2, 0) is 22.4 Å². The second kappa shape index (κ2) is 5.82. The number of carbonyl (C=O) groups excluding carboxylic acids is 1. The molecule has 0 amide bonds. The lowest BCUT2D eigenvalue weighted by atomic mass is 9.95. The molecule has 0 heterocycles. The summed E-state index contributed by atoms with van der Waals surface area (Å²) >= 11 is 0. The molecule has 0 atom stereocenters. The third-order valence-corrected chi connectivity index (χ3v) is 2.33. The smallest absolute Gasteiger partial charge is 0.310 e. The van der Waals surface area contributed by atoms with Crippen LogP contribution < -0.4 is 5.73 Å². The van der Waals surface area contributed by atoms with Crippen LogP contribution in [0.25, 0.3) is 0 Å². The van der Waals surface area contributed by atoms with Crippen molar-refractivity contribution in [3.63, 3.8) is 0 Å². The third kappa shape index (κ3) is 5.50. The Morgan fingerprint density at radius 3 is 2.59 bits per heavy atom. The van der Waals surface area contributed by atoms with Gasteiger partial charge >= 0.3 is 5.97 Å². The largest absolute Gasteiger partial charge is 0.466 e. The second-order valence-electron chi connectivity index (χ2n) is 5.14. The molecular formula is C14H22NO2+. The maximum absolute atomic E-state index is 11.4. The Morgan fingerprint density at radius 1 is 1.35 bits per heavy atom. The Hall–Kier alpha value is -1.35. The van der Waals surface area contributed by atoms with Gasteiger partial charge in [-0.25, -0.2) is 0 Å². The van der Waals surface area contributed by atoms with Gasteiger partial charge in [0.15, 0.2) is 0 Å². The predicted octanol–water partition coefficient (Wildman–Crippen LogP) is 1.36. The third-order valence-electron chi connectivity index (χ3n) is 2.33. The summed E-state index contributed by atoms with van der Waals surface area (Å²) in [4.78, 5) is 11.4. The lowest BCUT2D eigenvalue weighted by molar-refractivity contribution is -0.465. The first-order valence-corrected chi connectivity index (χ1v) is 5.99. The summed E-state index contributed by atoms with van der Waals surface area (Å²) in [6.07, 6.45) is 1.25. The van der Waals surface area contributed by atoms with E-state index >= 15 is 0 Å². The molecule has 3 heteroatoms. The number of benzene rings is 1. The van der Waals surface area contributed by atoms with Crippen molar-refractivity contribution >= 4 is 5.97 Å². The van der Waals surface area contributed by atoms with Crippen LogP contribution in [0.15, 0.2) is 24.3 Å². The number of hydrogen-bond donors (Lipinski definition) is 1. The van der Waals surface area contributed by atoms with E-state index in [1.807, 2.05) is 19.1 Å². The zero-order chi connectivity index (χ0) is 12.9. The van der Waals surface area contributed by atoms with E-state index in [2.05, 4.69) is 31.7 Å². The quantitative estimate of drug-likeness (QED) is 0.785. The van der Waals surface area contributed by atoms with Crippen molar-refractivity contribution in [2.24, 2.45) is 0 Å². The fourth-order valence-electron chi connectivity index (χ4n) is 1.78. The summed E-state index contributed by atoms with van der Waals surface area (Å²) in [5.74, 6) is -0.168. The van der Waals surface area contributed by atoms with Crippen LogP contribution in [0.1, 0.15) is 31.9 Å². The van der Waals surface area contributed by atoms with Crippen molar-refractivity contribution in [2.75, 3.05) is 6.61 Å². The molecule has 0 radical (unpaired) electrons. The average molecular weight is 236 g/mol. The van der Waals surface area contributed by atoms with Gasteiger partial charge in [0.05, 0.1) is 18.6 Å². The summed E-state index contributed by atoms with van der Waals surface area (Å²) in [6, 6.07) is 8.07. The molecule has 1 aromatic carbocycles. The molecule has 0 spiro atoms. The first-order chi connectivity index (χ1) is 7.90. The Balaban J connectivity index is 2.69. The minimum atomic E-state index is -0.168. The van der Waals surface area contributed by atoms with Gasteiger partial charge in [-0.1, -0.05) is 24.3 Å². The summed E-state index contributed by atoms with van der Waals surface area (Å²) in [5.41, 5.74) is 6.33. The molecule has 0 aliphatic carbocycles. The Morgan fingerprint density at radius 2 is 2.00 bits per heavy atom. The SMILES string of the molecule is CCOC(=O)Cc1cccc(CC(C)(C)[NH3+])c1. The topological polar surface area (TPSA) is 53.9 Å². The van der Waals surface area contributed by atoms with Gasteiger partial charge in [-0.3, -0.25) is 4.79 Å². The fraction of sp³-hybridized carbons (Fsp3) is 0.500. The molecule has 0 unspecified atom stereocenters.